The Labute approximate surface area is 116 Å². The second-order valence-corrected chi connectivity index (χ2v) is 6.16. The number of thiazole rings is 1. The van der Waals surface area contributed by atoms with E-state index in [4.69, 9.17) is 15.2 Å². The molecule has 0 saturated carbocycles. The molecular weight excluding hydrogens is 264 g/mol. The molecule has 1 aromatic rings. The molecule has 2 N–H and O–H groups in total. The molecule has 104 valence electrons. The summed E-state index contributed by atoms with van der Waals surface area (Å²) in [7, 11) is 0. The monoisotopic (exact) mass is 282 g/mol. The van der Waals surface area contributed by atoms with Gasteiger partial charge in [-0.15, -0.1) is 11.3 Å². The predicted molar refractivity (Wildman–Crippen MR) is 71.2 cm³/mol. The first-order valence-corrected chi connectivity index (χ1v) is 7.51. The number of hydrogen-bond acceptors (Lipinski definition) is 6. The van der Waals surface area contributed by atoms with Gasteiger partial charge in [0.25, 0.3) is 0 Å². The van der Waals surface area contributed by atoms with Crippen molar-refractivity contribution >= 4 is 17.1 Å². The van der Waals surface area contributed by atoms with Crippen LogP contribution >= 0.6 is 11.3 Å². The molecule has 2 aliphatic heterocycles. The molecule has 2 unspecified atom stereocenters. The average molecular weight is 282 g/mol. The zero-order valence-corrected chi connectivity index (χ0v) is 11.6. The smallest absolute Gasteiger partial charge is 0.185 e. The van der Waals surface area contributed by atoms with Gasteiger partial charge in [0.1, 0.15) is 10.7 Å². The molecule has 6 heteroatoms. The van der Waals surface area contributed by atoms with Gasteiger partial charge in [-0.1, -0.05) is 0 Å². The molecule has 0 aromatic carbocycles. The Morgan fingerprint density at radius 2 is 2.47 bits per heavy atom. The SMILES string of the molecule is NCc1nc(C(=O)C2CCOC3(CCOC3)C2)cs1. The van der Waals surface area contributed by atoms with Crippen LogP contribution in [-0.4, -0.2) is 36.2 Å². The van der Waals surface area contributed by atoms with Gasteiger partial charge in [0.2, 0.25) is 0 Å². The second kappa shape index (κ2) is 5.28. The topological polar surface area (TPSA) is 74.4 Å². The fourth-order valence-electron chi connectivity index (χ4n) is 2.84. The van der Waals surface area contributed by atoms with Gasteiger partial charge in [0.05, 0.1) is 12.2 Å². The highest BCUT2D eigenvalue weighted by Gasteiger charge is 2.43. The molecule has 19 heavy (non-hydrogen) atoms. The molecule has 0 aliphatic carbocycles. The zero-order valence-electron chi connectivity index (χ0n) is 10.8. The molecule has 3 rings (SSSR count). The molecule has 2 fully saturated rings. The lowest BCUT2D eigenvalue weighted by molar-refractivity contribution is -0.0921. The Hall–Kier alpha value is -0.820. The number of carbonyl (C=O) groups excluding carboxylic acids is 1. The Bertz CT molecular complexity index is 468. The zero-order chi connectivity index (χ0) is 13.3. The first-order chi connectivity index (χ1) is 9.22. The van der Waals surface area contributed by atoms with Gasteiger partial charge in [-0.2, -0.15) is 0 Å². The van der Waals surface area contributed by atoms with Crippen LogP contribution in [-0.2, 0) is 16.0 Å². The van der Waals surface area contributed by atoms with E-state index in [1.54, 1.807) is 0 Å². The molecule has 0 radical (unpaired) electrons. The molecular formula is C13H18N2O3S. The molecule has 0 bridgehead atoms. The summed E-state index contributed by atoms with van der Waals surface area (Å²) in [5.74, 6) is 0.133. The summed E-state index contributed by atoms with van der Waals surface area (Å²) in [4.78, 5) is 16.8. The maximum absolute atomic E-state index is 12.5. The standard InChI is InChI=1S/C13H18N2O3S/c14-6-11-15-10(7-19-11)12(16)9-1-3-18-13(5-9)2-4-17-8-13/h7,9H,1-6,8,14H2. The minimum absolute atomic E-state index is 0.00294. The van der Waals surface area contributed by atoms with Crippen molar-refractivity contribution in [1.29, 1.82) is 0 Å². The van der Waals surface area contributed by atoms with Gasteiger partial charge >= 0.3 is 0 Å². The van der Waals surface area contributed by atoms with Gasteiger partial charge in [-0.25, -0.2) is 4.98 Å². The second-order valence-electron chi connectivity index (χ2n) is 5.22. The van der Waals surface area contributed by atoms with Gasteiger partial charge in [-0.05, 0) is 12.8 Å². The van der Waals surface area contributed by atoms with Crippen LogP contribution in [0.5, 0.6) is 0 Å². The van der Waals surface area contributed by atoms with E-state index in [2.05, 4.69) is 4.98 Å². The molecule has 2 aliphatic rings. The normalized spacial score (nSPS) is 30.9. The summed E-state index contributed by atoms with van der Waals surface area (Å²) >= 11 is 1.45. The van der Waals surface area contributed by atoms with Crippen molar-refractivity contribution in [2.45, 2.75) is 31.4 Å². The first-order valence-electron chi connectivity index (χ1n) is 6.63. The van der Waals surface area contributed by atoms with Crippen molar-refractivity contribution < 1.29 is 14.3 Å². The Morgan fingerprint density at radius 3 is 3.16 bits per heavy atom. The van der Waals surface area contributed by atoms with Crippen LogP contribution in [0.1, 0.15) is 34.8 Å². The van der Waals surface area contributed by atoms with Crippen LogP contribution in [0.3, 0.4) is 0 Å². The number of hydrogen-bond donors (Lipinski definition) is 1. The van der Waals surface area contributed by atoms with Crippen LogP contribution in [0.25, 0.3) is 0 Å². The number of Topliss-reactive ketones (excluding diaryl/α,β-unsaturated/α-hetero) is 1. The minimum atomic E-state index is -0.231. The fourth-order valence-corrected chi connectivity index (χ4v) is 3.51. The highest BCUT2D eigenvalue weighted by atomic mass is 32.1. The number of nitrogens with two attached hydrogens (primary N) is 1. The lowest BCUT2D eigenvalue weighted by atomic mass is 9.82. The molecule has 2 saturated heterocycles. The van der Waals surface area contributed by atoms with Gasteiger partial charge in [-0.3, -0.25) is 4.79 Å². The molecule has 0 amide bonds. The van der Waals surface area contributed by atoms with Crippen LogP contribution in [0, 0.1) is 5.92 Å². The van der Waals surface area contributed by atoms with E-state index in [1.165, 1.54) is 11.3 Å². The number of rotatable bonds is 3. The van der Waals surface area contributed by atoms with E-state index in [9.17, 15) is 4.79 Å². The van der Waals surface area contributed by atoms with Crippen molar-refractivity contribution in [3.63, 3.8) is 0 Å². The summed E-state index contributed by atoms with van der Waals surface area (Å²) in [5.41, 5.74) is 5.87. The summed E-state index contributed by atoms with van der Waals surface area (Å²) < 4.78 is 11.3. The van der Waals surface area contributed by atoms with Crippen LogP contribution in [0.4, 0.5) is 0 Å². The van der Waals surface area contributed by atoms with Crippen molar-refractivity contribution in [2.24, 2.45) is 11.7 Å². The van der Waals surface area contributed by atoms with Crippen LogP contribution in [0.15, 0.2) is 5.38 Å². The van der Waals surface area contributed by atoms with Crippen molar-refractivity contribution in [3.8, 4) is 0 Å². The molecule has 3 heterocycles. The maximum Gasteiger partial charge on any atom is 0.185 e. The van der Waals surface area contributed by atoms with E-state index in [1.807, 2.05) is 5.38 Å². The summed E-state index contributed by atoms with van der Waals surface area (Å²) in [5, 5.41) is 2.63. The van der Waals surface area contributed by atoms with Gasteiger partial charge < -0.3 is 15.2 Å². The van der Waals surface area contributed by atoms with Gasteiger partial charge in [0, 0.05) is 37.5 Å². The third-order valence-corrected chi connectivity index (χ3v) is 4.78. The van der Waals surface area contributed by atoms with E-state index in [-0.39, 0.29) is 17.3 Å². The third kappa shape index (κ3) is 2.58. The van der Waals surface area contributed by atoms with Crippen LogP contribution < -0.4 is 5.73 Å². The lowest BCUT2D eigenvalue weighted by Crippen LogP contribution is -2.42. The average Bonchev–Trinajstić information content (AvgIpc) is 3.07. The first kappa shape index (κ1) is 13.2. The maximum atomic E-state index is 12.5. The van der Waals surface area contributed by atoms with E-state index in [0.29, 0.717) is 25.5 Å². The fraction of sp³-hybridized carbons (Fsp3) is 0.692. The summed E-state index contributed by atoms with van der Waals surface area (Å²) in [6.07, 6.45) is 2.42. The highest BCUT2D eigenvalue weighted by Crippen LogP contribution is 2.37. The molecule has 1 spiro atoms. The number of aromatic nitrogens is 1. The Kier molecular flexibility index (Phi) is 3.66. The predicted octanol–water partition coefficient (Wildman–Crippen LogP) is 1.37. The van der Waals surface area contributed by atoms with Gasteiger partial charge in [0.15, 0.2) is 5.78 Å². The number of ether oxygens (including phenoxy) is 2. The summed E-state index contributed by atoms with van der Waals surface area (Å²) in [6, 6.07) is 0. The van der Waals surface area contributed by atoms with E-state index >= 15 is 0 Å². The molecule has 1 aromatic heterocycles. The van der Waals surface area contributed by atoms with E-state index < -0.39 is 0 Å². The number of nitrogens with zero attached hydrogens (tertiary/aromatic N) is 1. The molecule has 2 atom stereocenters. The highest BCUT2D eigenvalue weighted by molar-refractivity contribution is 7.09. The quantitative estimate of drug-likeness (QED) is 0.848. The van der Waals surface area contributed by atoms with Crippen molar-refractivity contribution in [2.75, 3.05) is 19.8 Å². The Balaban J connectivity index is 1.72. The van der Waals surface area contributed by atoms with Crippen molar-refractivity contribution in [3.05, 3.63) is 16.1 Å². The van der Waals surface area contributed by atoms with E-state index in [0.717, 1.165) is 30.9 Å². The third-order valence-electron chi connectivity index (χ3n) is 3.91. The number of ketones is 1. The largest absolute Gasteiger partial charge is 0.378 e. The number of carbonyl (C=O) groups is 1. The minimum Gasteiger partial charge on any atom is -0.378 e. The Morgan fingerprint density at radius 1 is 1.58 bits per heavy atom. The molecule has 5 nitrogen and oxygen atoms in total. The van der Waals surface area contributed by atoms with Crippen LogP contribution in [0.2, 0.25) is 0 Å². The lowest BCUT2D eigenvalue weighted by Gasteiger charge is -2.36. The van der Waals surface area contributed by atoms with Crippen molar-refractivity contribution in [1.82, 2.24) is 4.98 Å². The summed E-state index contributed by atoms with van der Waals surface area (Å²) in [6.45, 7) is 2.37.